The van der Waals surface area contributed by atoms with Crippen molar-refractivity contribution in [2.75, 3.05) is 19.7 Å². The molecule has 0 bridgehead atoms. The lowest BCUT2D eigenvalue weighted by Crippen LogP contribution is -2.30. The van der Waals surface area contributed by atoms with Crippen molar-refractivity contribution in [3.63, 3.8) is 0 Å². The fraction of sp³-hybridized carbons (Fsp3) is 0.300. The van der Waals surface area contributed by atoms with Crippen molar-refractivity contribution in [1.29, 1.82) is 0 Å². The van der Waals surface area contributed by atoms with E-state index in [1.807, 2.05) is 0 Å². The molecule has 0 aliphatic heterocycles. The maximum absolute atomic E-state index is 12.4. The van der Waals surface area contributed by atoms with E-state index in [-0.39, 0.29) is 21.8 Å². The first-order chi connectivity index (χ1) is 14.2. The van der Waals surface area contributed by atoms with Gasteiger partial charge in [-0.3, -0.25) is 4.79 Å². The number of alkyl halides is 2. The fourth-order valence-electron chi connectivity index (χ4n) is 2.60. The van der Waals surface area contributed by atoms with Crippen LogP contribution < -0.4 is 4.74 Å². The summed E-state index contributed by atoms with van der Waals surface area (Å²) in [5, 5.41) is 0. The Balaban J connectivity index is 1.98. The van der Waals surface area contributed by atoms with Gasteiger partial charge in [-0.25, -0.2) is 13.2 Å². The standard InChI is InChI=1S/C20H21F2NO6S/c1-3-23(4-2)30(26,27)17-11-7-15(8-12-17)19(25)28-13-18(24)14-5-9-16(10-6-14)29-20(21)22/h5-12,20H,3-4,13H2,1-2H3. The minimum Gasteiger partial charge on any atom is -0.454 e. The van der Waals surface area contributed by atoms with Crippen LogP contribution in [0.1, 0.15) is 34.6 Å². The van der Waals surface area contributed by atoms with Gasteiger partial charge in [0.15, 0.2) is 12.4 Å². The van der Waals surface area contributed by atoms with Gasteiger partial charge in [0.2, 0.25) is 10.0 Å². The van der Waals surface area contributed by atoms with Gasteiger partial charge in [-0.05, 0) is 48.5 Å². The van der Waals surface area contributed by atoms with Gasteiger partial charge < -0.3 is 9.47 Å². The second kappa shape index (κ2) is 10.3. The third-order valence-corrected chi connectivity index (χ3v) is 6.23. The van der Waals surface area contributed by atoms with Crippen LogP contribution in [-0.4, -0.2) is 50.8 Å². The second-order valence-electron chi connectivity index (χ2n) is 6.02. The van der Waals surface area contributed by atoms with E-state index in [2.05, 4.69) is 4.74 Å². The van der Waals surface area contributed by atoms with Crippen LogP contribution in [-0.2, 0) is 14.8 Å². The Morgan fingerprint density at radius 3 is 1.97 bits per heavy atom. The number of halogens is 2. The maximum Gasteiger partial charge on any atom is 0.387 e. The molecule has 0 amide bonds. The molecule has 0 N–H and O–H groups in total. The summed E-state index contributed by atoms with van der Waals surface area (Å²) < 4.78 is 59.6. The number of esters is 1. The number of carbonyl (C=O) groups is 2. The van der Waals surface area contributed by atoms with Gasteiger partial charge in [-0.1, -0.05) is 13.8 Å². The number of hydrogen-bond donors (Lipinski definition) is 0. The van der Waals surface area contributed by atoms with E-state index in [9.17, 15) is 26.8 Å². The molecule has 0 saturated heterocycles. The predicted octanol–water partition coefficient (Wildman–Crippen LogP) is 3.36. The molecule has 0 aliphatic carbocycles. The zero-order valence-electron chi connectivity index (χ0n) is 16.4. The molecule has 2 aromatic carbocycles. The highest BCUT2D eigenvalue weighted by Gasteiger charge is 2.22. The Morgan fingerprint density at radius 1 is 0.933 bits per heavy atom. The minimum atomic E-state index is -3.65. The quantitative estimate of drug-likeness (QED) is 0.415. The average molecular weight is 441 g/mol. The third-order valence-electron chi connectivity index (χ3n) is 4.17. The van der Waals surface area contributed by atoms with Crippen LogP contribution in [0.4, 0.5) is 8.78 Å². The topological polar surface area (TPSA) is 90.0 Å². The zero-order chi connectivity index (χ0) is 22.3. The second-order valence-corrected chi connectivity index (χ2v) is 7.95. The Hall–Kier alpha value is -2.85. The van der Waals surface area contributed by atoms with Gasteiger partial charge in [-0.2, -0.15) is 13.1 Å². The minimum absolute atomic E-state index is 0.0462. The molecule has 2 rings (SSSR count). The van der Waals surface area contributed by atoms with Crippen molar-refractivity contribution in [3.8, 4) is 5.75 Å². The van der Waals surface area contributed by atoms with Crippen molar-refractivity contribution >= 4 is 21.8 Å². The molecule has 2 aromatic rings. The number of sulfonamides is 1. The fourth-order valence-corrected chi connectivity index (χ4v) is 4.05. The van der Waals surface area contributed by atoms with Crippen molar-refractivity contribution < 1.29 is 36.3 Å². The summed E-state index contributed by atoms with van der Waals surface area (Å²) in [4.78, 5) is 24.3. The van der Waals surface area contributed by atoms with E-state index < -0.39 is 35.0 Å². The lowest BCUT2D eigenvalue weighted by atomic mass is 10.1. The Morgan fingerprint density at radius 2 is 1.47 bits per heavy atom. The lowest BCUT2D eigenvalue weighted by molar-refractivity contribution is -0.0498. The molecule has 0 saturated carbocycles. The maximum atomic E-state index is 12.4. The number of ketones is 1. The van der Waals surface area contributed by atoms with Gasteiger partial charge in [0, 0.05) is 18.7 Å². The van der Waals surface area contributed by atoms with Crippen molar-refractivity contribution in [1.82, 2.24) is 4.31 Å². The molecule has 0 heterocycles. The van der Waals surface area contributed by atoms with E-state index in [0.29, 0.717) is 13.1 Å². The lowest BCUT2D eigenvalue weighted by Gasteiger charge is -2.18. The molecule has 0 unspecified atom stereocenters. The molecule has 0 aromatic heterocycles. The van der Waals surface area contributed by atoms with E-state index >= 15 is 0 Å². The molecule has 30 heavy (non-hydrogen) atoms. The number of carbonyl (C=O) groups excluding carboxylic acids is 2. The number of ether oxygens (including phenoxy) is 2. The first-order valence-electron chi connectivity index (χ1n) is 9.04. The third kappa shape index (κ3) is 5.83. The SMILES string of the molecule is CCN(CC)S(=O)(=O)c1ccc(C(=O)OCC(=O)c2ccc(OC(F)F)cc2)cc1. The molecule has 0 spiro atoms. The van der Waals surface area contributed by atoms with Gasteiger partial charge in [0.25, 0.3) is 0 Å². The van der Waals surface area contributed by atoms with Crippen LogP contribution in [0.2, 0.25) is 0 Å². The molecule has 0 radical (unpaired) electrons. The molecule has 10 heteroatoms. The zero-order valence-corrected chi connectivity index (χ0v) is 17.2. The first-order valence-corrected chi connectivity index (χ1v) is 10.5. The molecule has 0 fully saturated rings. The molecule has 0 atom stereocenters. The largest absolute Gasteiger partial charge is 0.454 e. The van der Waals surface area contributed by atoms with E-state index in [1.165, 1.54) is 52.8 Å². The van der Waals surface area contributed by atoms with Crippen molar-refractivity contribution in [2.45, 2.75) is 25.4 Å². The van der Waals surface area contributed by atoms with Gasteiger partial charge in [0.05, 0.1) is 10.5 Å². The summed E-state index contributed by atoms with van der Waals surface area (Å²) in [6.07, 6.45) is 0. The predicted molar refractivity (Wildman–Crippen MR) is 104 cm³/mol. The van der Waals surface area contributed by atoms with Gasteiger partial charge in [-0.15, -0.1) is 0 Å². The van der Waals surface area contributed by atoms with E-state index in [1.54, 1.807) is 13.8 Å². The first kappa shape index (κ1) is 23.4. The monoisotopic (exact) mass is 441 g/mol. The summed E-state index contributed by atoms with van der Waals surface area (Å²) in [5.74, 6) is -1.43. The molecule has 162 valence electrons. The highest BCUT2D eigenvalue weighted by Crippen LogP contribution is 2.17. The summed E-state index contributed by atoms with van der Waals surface area (Å²) >= 11 is 0. The van der Waals surface area contributed by atoms with Crippen LogP contribution in [0.15, 0.2) is 53.4 Å². The van der Waals surface area contributed by atoms with Gasteiger partial charge >= 0.3 is 12.6 Å². The highest BCUT2D eigenvalue weighted by atomic mass is 32.2. The number of benzene rings is 2. The van der Waals surface area contributed by atoms with Crippen LogP contribution in [0.25, 0.3) is 0 Å². The van der Waals surface area contributed by atoms with E-state index in [0.717, 1.165) is 0 Å². The smallest absolute Gasteiger partial charge is 0.387 e. The Labute approximate surface area is 173 Å². The number of hydrogen-bond acceptors (Lipinski definition) is 6. The average Bonchev–Trinajstić information content (AvgIpc) is 2.72. The molecule has 0 aliphatic rings. The number of nitrogens with zero attached hydrogens (tertiary/aromatic N) is 1. The normalized spacial score (nSPS) is 11.5. The van der Waals surface area contributed by atoms with Crippen LogP contribution >= 0.6 is 0 Å². The molecule has 7 nitrogen and oxygen atoms in total. The van der Waals surface area contributed by atoms with Gasteiger partial charge in [0.1, 0.15) is 5.75 Å². The van der Waals surface area contributed by atoms with Crippen LogP contribution in [0.3, 0.4) is 0 Å². The van der Waals surface area contributed by atoms with Crippen molar-refractivity contribution in [2.24, 2.45) is 0 Å². The van der Waals surface area contributed by atoms with Crippen molar-refractivity contribution in [3.05, 3.63) is 59.7 Å². The summed E-state index contributed by atoms with van der Waals surface area (Å²) in [5.41, 5.74) is 0.243. The Bertz CT molecular complexity index is 971. The van der Waals surface area contributed by atoms with Crippen LogP contribution in [0.5, 0.6) is 5.75 Å². The molecular formula is C20H21F2NO6S. The number of rotatable bonds is 10. The van der Waals surface area contributed by atoms with E-state index in [4.69, 9.17) is 4.74 Å². The Kier molecular flexibility index (Phi) is 8.01. The summed E-state index contributed by atoms with van der Waals surface area (Å²) in [6, 6.07) is 10.2. The van der Waals surface area contributed by atoms with Crippen LogP contribution in [0, 0.1) is 0 Å². The molecular weight excluding hydrogens is 420 g/mol. The highest BCUT2D eigenvalue weighted by molar-refractivity contribution is 7.89. The summed E-state index contributed by atoms with van der Waals surface area (Å²) in [6.45, 7) is 0.556. The summed E-state index contributed by atoms with van der Waals surface area (Å²) in [7, 11) is -3.65. The number of Topliss-reactive ketones (excluding diaryl/α,β-unsaturated/α-hetero) is 1.